The number of hydrogen-bond donors (Lipinski definition) is 1. The second kappa shape index (κ2) is 3.06. The first-order valence-electron chi connectivity index (χ1n) is 3.60. The Bertz CT molecular complexity index is 427. The Morgan fingerprint density at radius 1 is 1.38 bits per heavy atom. The van der Waals surface area contributed by atoms with Gasteiger partial charge in [0.25, 0.3) is 0 Å². The van der Waals surface area contributed by atoms with E-state index in [9.17, 15) is 0 Å². The molecule has 2 aromatic heterocycles. The van der Waals surface area contributed by atoms with Crippen molar-refractivity contribution in [3.63, 3.8) is 0 Å². The second-order valence-corrected chi connectivity index (χ2v) is 2.84. The van der Waals surface area contributed by atoms with Gasteiger partial charge in [-0.05, 0) is 12.1 Å². The standard InChI is InChI=1S/C8H6ClN3O/c9-7-3-1-2-6(12-7)8-5(10)4-11-13-8/h1-4H,10H2. The minimum absolute atomic E-state index is 0.397. The van der Waals surface area contributed by atoms with E-state index in [-0.39, 0.29) is 0 Å². The number of nitrogens with two attached hydrogens (primary N) is 1. The molecular weight excluding hydrogens is 190 g/mol. The fraction of sp³-hybridized carbons (Fsp3) is 0. The van der Waals surface area contributed by atoms with Crippen LogP contribution in [0.1, 0.15) is 0 Å². The minimum Gasteiger partial charge on any atom is -0.394 e. The molecular formula is C8H6ClN3O. The SMILES string of the molecule is Nc1cnoc1-c1cccc(Cl)n1. The highest BCUT2D eigenvalue weighted by Gasteiger charge is 2.08. The molecule has 2 rings (SSSR count). The van der Waals surface area contributed by atoms with Crippen LogP contribution in [0.2, 0.25) is 5.15 Å². The van der Waals surface area contributed by atoms with Crippen LogP contribution in [0.5, 0.6) is 0 Å². The molecule has 0 radical (unpaired) electrons. The lowest BCUT2D eigenvalue weighted by Gasteiger charge is -1.95. The van der Waals surface area contributed by atoms with E-state index in [1.165, 1.54) is 6.20 Å². The Morgan fingerprint density at radius 2 is 2.23 bits per heavy atom. The summed E-state index contributed by atoms with van der Waals surface area (Å²) < 4.78 is 4.91. The van der Waals surface area contributed by atoms with E-state index in [4.69, 9.17) is 21.9 Å². The summed E-state index contributed by atoms with van der Waals surface area (Å²) in [7, 11) is 0. The molecule has 2 heterocycles. The van der Waals surface area contributed by atoms with Crippen LogP contribution >= 0.6 is 11.6 Å². The van der Waals surface area contributed by atoms with Crippen molar-refractivity contribution < 1.29 is 4.52 Å². The van der Waals surface area contributed by atoms with Crippen LogP contribution in [0, 0.1) is 0 Å². The largest absolute Gasteiger partial charge is 0.394 e. The Kier molecular flexibility index (Phi) is 1.90. The van der Waals surface area contributed by atoms with Gasteiger partial charge in [-0.15, -0.1) is 0 Å². The molecule has 0 fully saturated rings. The molecule has 0 atom stereocenters. The van der Waals surface area contributed by atoms with Gasteiger partial charge in [-0.25, -0.2) is 4.98 Å². The maximum Gasteiger partial charge on any atom is 0.208 e. The molecule has 13 heavy (non-hydrogen) atoms. The van der Waals surface area contributed by atoms with Gasteiger partial charge in [-0.2, -0.15) is 0 Å². The summed E-state index contributed by atoms with van der Waals surface area (Å²) in [6.07, 6.45) is 1.43. The van der Waals surface area contributed by atoms with E-state index in [2.05, 4.69) is 10.1 Å². The number of nitrogen functional groups attached to an aromatic ring is 1. The highest BCUT2D eigenvalue weighted by Crippen LogP contribution is 2.24. The summed E-state index contributed by atoms with van der Waals surface area (Å²) in [5.41, 5.74) is 6.62. The first-order valence-corrected chi connectivity index (χ1v) is 3.98. The van der Waals surface area contributed by atoms with E-state index in [1.54, 1.807) is 18.2 Å². The monoisotopic (exact) mass is 195 g/mol. The van der Waals surface area contributed by atoms with E-state index < -0.39 is 0 Å². The molecule has 5 heteroatoms. The number of rotatable bonds is 1. The lowest BCUT2D eigenvalue weighted by Crippen LogP contribution is -1.87. The third-order valence-corrected chi connectivity index (χ3v) is 1.76. The molecule has 0 aliphatic carbocycles. The van der Waals surface area contributed by atoms with E-state index in [0.717, 1.165) is 0 Å². The maximum absolute atomic E-state index is 5.70. The zero-order chi connectivity index (χ0) is 9.26. The van der Waals surface area contributed by atoms with Crippen LogP contribution in [0.3, 0.4) is 0 Å². The van der Waals surface area contributed by atoms with Gasteiger partial charge in [-0.3, -0.25) is 0 Å². The highest BCUT2D eigenvalue weighted by molar-refractivity contribution is 6.29. The Hall–Kier alpha value is -1.55. The average Bonchev–Trinajstić information content (AvgIpc) is 2.51. The molecule has 2 N–H and O–H groups in total. The van der Waals surface area contributed by atoms with Gasteiger partial charge >= 0.3 is 0 Å². The molecule has 0 spiro atoms. The van der Waals surface area contributed by atoms with Crippen LogP contribution in [0.4, 0.5) is 5.69 Å². The molecule has 0 aromatic carbocycles. The number of halogens is 1. The summed E-state index contributed by atoms with van der Waals surface area (Å²) in [6, 6.07) is 5.20. The topological polar surface area (TPSA) is 64.9 Å². The molecule has 0 aliphatic rings. The maximum atomic E-state index is 5.70. The fourth-order valence-corrected chi connectivity index (χ4v) is 1.14. The fourth-order valence-electron chi connectivity index (χ4n) is 0.977. The third-order valence-electron chi connectivity index (χ3n) is 1.55. The molecule has 0 amide bonds. The van der Waals surface area contributed by atoms with Gasteiger partial charge in [0.05, 0.1) is 6.20 Å². The van der Waals surface area contributed by atoms with Gasteiger partial charge in [0, 0.05) is 0 Å². The second-order valence-electron chi connectivity index (χ2n) is 2.46. The predicted molar refractivity (Wildman–Crippen MR) is 49.2 cm³/mol. The zero-order valence-electron chi connectivity index (χ0n) is 6.57. The normalized spacial score (nSPS) is 10.2. The molecule has 66 valence electrons. The quantitative estimate of drug-likeness (QED) is 0.707. The number of anilines is 1. The first kappa shape index (κ1) is 8.07. The molecule has 0 aliphatic heterocycles. The predicted octanol–water partition coefficient (Wildman–Crippen LogP) is 1.97. The van der Waals surface area contributed by atoms with Crippen LogP contribution < -0.4 is 5.73 Å². The van der Waals surface area contributed by atoms with Crippen molar-refractivity contribution >= 4 is 17.3 Å². The van der Waals surface area contributed by atoms with Crippen molar-refractivity contribution in [2.45, 2.75) is 0 Å². The average molecular weight is 196 g/mol. The molecule has 4 nitrogen and oxygen atoms in total. The summed E-state index contributed by atoms with van der Waals surface area (Å²) in [4.78, 5) is 4.03. The minimum atomic E-state index is 0.397. The first-order chi connectivity index (χ1) is 6.27. The summed E-state index contributed by atoms with van der Waals surface area (Å²) in [5.74, 6) is 0.447. The van der Waals surface area contributed by atoms with Gasteiger partial charge < -0.3 is 10.3 Å². The number of hydrogen-bond acceptors (Lipinski definition) is 4. The van der Waals surface area contributed by atoms with Crippen LogP contribution in [0.15, 0.2) is 28.9 Å². The third kappa shape index (κ3) is 1.48. The van der Waals surface area contributed by atoms with Gasteiger partial charge in [0.2, 0.25) is 5.76 Å². The molecule has 0 unspecified atom stereocenters. The van der Waals surface area contributed by atoms with Crippen molar-refractivity contribution in [1.29, 1.82) is 0 Å². The Balaban J connectivity index is 2.53. The Morgan fingerprint density at radius 3 is 2.85 bits per heavy atom. The van der Waals surface area contributed by atoms with Crippen molar-refractivity contribution in [2.24, 2.45) is 0 Å². The summed E-state index contributed by atoms with van der Waals surface area (Å²) in [5, 5.41) is 3.94. The zero-order valence-corrected chi connectivity index (χ0v) is 7.32. The van der Waals surface area contributed by atoms with Crippen LogP contribution in [-0.2, 0) is 0 Å². The van der Waals surface area contributed by atoms with Gasteiger partial charge in [0.15, 0.2) is 0 Å². The number of pyridine rings is 1. The lowest BCUT2D eigenvalue weighted by molar-refractivity contribution is 0.431. The molecule has 0 bridgehead atoms. The molecule has 2 aromatic rings. The van der Waals surface area contributed by atoms with Crippen molar-refractivity contribution in [2.75, 3.05) is 5.73 Å². The summed E-state index contributed by atoms with van der Waals surface area (Å²) >= 11 is 5.70. The highest BCUT2D eigenvalue weighted by atomic mass is 35.5. The van der Waals surface area contributed by atoms with E-state index >= 15 is 0 Å². The number of aromatic nitrogens is 2. The smallest absolute Gasteiger partial charge is 0.208 e. The molecule has 0 saturated heterocycles. The summed E-state index contributed by atoms with van der Waals surface area (Å²) in [6.45, 7) is 0. The van der Waals surface area contributed by atoms with Gasteiger partial charge in [0.1, 0.15) is 16.5 Å². The van der Waals surface area contributed by atoms with Gasteiger partial charge in [-0.1, -0.05) is 22.8 Å². The van der Waals surface area contributed by atoms with E-state index in [0.29, 0.717) is 22.3 Å². The number of nitrogens with zero attached hydrogens (tertiary/aromatic N) is 2. The Labute approximate surface area is 79.3 Å². The molecule has 0 saturated carbocycles. The van der Waals surface area contributed by atoms with Crippen molar-refractivity contribution in [3.8, 4) is 11.5 Å². The van der Waals surface area contributed by atoms with Crippen molar-refractivity contribution in [3.05, 3.63) is 29.5 Å². The van der Waals surface area contributed by atoms with Crippen molar-refractivity contribution in [1.82, 2.24) is 10.1 Å². The van der Waals surface area contributed by atoms with Crippen LogP contribution in [-0.4, -0.2) is 10.1 Å². The van der Waals surface area contributed by atoms with Crippen LogP contribution in [0.25, 0.3) is 11.5 Å². The lowest BCUT2D eigenvalue weighted by atomic mass is 10.3. The van der Waals surface area contributed by atoms with E-state index in [1.807, 2.05) is 0 Å².